The number of amides is 2. The fourth-order valence-electron chi connectivity index (χ4n) is 4.29. The van der Waals surface area contributed by atoms with Crippen molar-refractivity contribution in [2.24, 2.45) is 4.99 Å². The number of fused-ring (bicyclic) bond motifs is 2. The third-order valence-electron chi connectivity index (χ3n) is 6.26. The van der Waals surface area contributed by atoms with E-state index in [0.717, 1.165) is 22.8 Å². The Labute approximate surface area is 209 Å². The first-order valence-corrected chi connectivity index (χ1v) is 11.7. The second kappa shape index (κ2) is 10.1. The van der Waals surface area contributed by atoms with Crippen molar-refractivity contribution in [3.05, 3.63) is 66.2 Å². The molecule has 1 N–H and O–H groups in total. The highest BCUT2D eigenvalue weighted by Crippen LogP contribution is 2.39. The topological polar surface area (TPSA) is 84.9 Å². The Morgan fingerprint density at radius 3 is 2.33 bits per heavy atom. The molecule has 1 saturated heterocycles. The highest BCUT2D eigenvalue weighted by atomic mass is 16.5. The van der Waals surface area contributed by atoms with E-state index in [1.165, 1.54) is 0 Å². The second-order valence-corrected chi connectivity index (χ2v) is 8.34. The van der Waals surface area contributed by atoms with Gasteiger partial charge < -0.3 is 34.1 Å². The van der Waals surface area contributed by atoms with Crippen LogP contribution in [-0.4, -0.2) is 69.2 Å². The quantitative estimate of drug-likeness (QED) is 0.571. The maximum atomic E-state index is 13.0. The molecule has 3 aromatic rings. The van der Waals surface area contributed by atoms with Crippen LogP contribution in [0.25, 0.3) is 0 Å². The molecular weight excluding hydrogens is 460 g/mol. The lowest BCUT2D eigenvalue weighted by Crippen LogP contribution is -2.51. The van der Waals surface area contributed by atoms with E-state index in [-0.39, 0.29) is 6.03 Å². The number of aliphatic imine (C=N–C) groups is 1. The summed E-state index contributed by atoms with van der Waals surface area (Å²) < 4.78 is 22.3. The average Bonchev–Trinajstić information content (AvgIpc) is 3.09. The Morgan fingerprint density at radius 1 is 0.861 bits per heavy atom. The number of urea groups is 1. The number of anilines is 1. The van der Waals surface area contributed by atoms with Crippen LogP contribution in [-0.2, 0) is 0 Å². The summed E-state index contributed by atoms with van der Waals surface area (Å²) in [5, 5.41) is 2.95. The first-order chi connectivity index (χ1) is 17.6. The molecule has 2 aliphatic rings. The minimum Gasteiger partial charge on any atom is -0.497 e. The molecule has 186 valence electrons. The predicted molar refractivity (Wildman–Crippen MR) is 137 cm³/mol. The van der Waals surface area contributed by atoms with Crippen LogP contribution < -0.4 is 24.3 Å². The van der Waals surface area contributed by atoms with Gasteiger partial charge in [-0.15, -0.1) is 0 Å². The fourth-order valence-corrected chi connectivity index (χ4v) is 4.29. The number of rotatable bonds is 4. The summed E-state index contributed by atoms with van der Waals surface area (Å²) in [6.45, 7) is 2.30. The van der Waals surface area contributed by atoms with Crippen molar-refractivity contribution in [1.29, 1.82) is 0 Å². The van der Waals surface area contributed by atoms with Gasteiger partial charge in [0.1, 0.15) is 34.5 Å². The summed E-state index contributed by atoms with van der Waals surface area (Å²) in [5.41, 5.74) is 2.20. The number of piperazine rings is 1. The number of carbonyl (C=O) groups excluding carboxylic acids is 1. The van der Waals surface area contributed by atoms with Gasteiger partial charge in [0, 0.05) is 32.2 Å². The lowest BCUT2D eigenvalue weighted by molar-refractivity contribution is 0.181. The SMILES string of the molecule is COc1ccc(NC(=O)N2CCN(C3=Nc4ccccc4Oc4ccc(OC)cc43)CC2)c(OC)c1. The minimum absolute atomic E-state index is 0.184. The molecule has 0 unspecified atom stereocenters. The maximum absolute atomic E-state index is 13.0. The first kappa shape index (κ1) is 23.3. The molecule has 5 rings (SSSR count). The number of para-hydroxylation sites is 2. The largest absolute Gasteiger partial charge is 0.497 e. The Hall–Kier alpha value is -4.40. The molecule has 36 heavy (non-hydrogen) atoms. The molecule has 2 heterocycles. The highest BCUT2D eigenvalue weighted by Gasteiger charge is 2.28. The summed E-state index contributed by atoms with van der Waals surface area (Å²) >= 11 is 0. The fraction of sp³-hybridized carbons (Fsp3) is 0.259. The molecule has 9 nitrogen and oxygen atoms in total. The standard InChI is InChI=1S/C27H28N4O5/c1-33-18-9-11-23-20(16-18)26(28-21-6-4-5-7-24(21)36-23)30-12-14-31(15-13-30)27(32)29-22-10-8-19(34-2)17-25(22)35-3/h4-11,16-17H,12-15H2,1-3H3,(H,29,32). The van der Waals surface area contributed by atoms with Crippen molar-refractivity contribution in [2.45, 2.75) is 0 Å². The summed E-state index contributed by atoms with van der Waals surface area (Å²) in [6.07, 6.45) is 0. The van der Waals surface area contributed by atoms with E-state index >= 15 is 0 Å². The van der Waals surface area contributed by atoms with E-state index in [4.69, 9.17) is 23.9 Å². The van der Waals surface area contributed by atoms with Crippen molar-refractivity contribution in [2.75, 3.05) is 52.8 Å². The van der Waals surface area contributed by atoms with Crippen LogP contribution >= 0.6 is 0 Å². The van der Waals surface area contributed by atoms with Crippen molar-refractivity contribution in [3.8, 4) is 28.7 Å². The molecule has 0 radical (unpaired) electrons. The molecule has 0 aliphatic carbocycles. The van der Waals surface area contributed by atoms with Gasteiger partial charge in [-0.2, -0.15) is 0 Å². The smallest absolute Gasteiger partial charge is 0.322 e. The van der Waals surface area contributed by atoms with Gasteiger partial charge in [0.25, 0.3) is 0 Å². The Morgan fingerprint density at radius 2 is 1.58 bits per heavy atom. The Balaban J connectivity index is 1.34. The number of nitrogens with one attached hydrogen (secondary N) is 1. The van der Waals surface area contributed by atoms with E-state index in [0.29, 0.717) is 54.9 Å². The van der Waals surface area contributed by atoms with Crippen LogP contribution in [0, 0.1) is 0 Å². The van der Waals surface area contributed by atoms with Gasteiger partial charge in [0.2, 0.25) is 0 Å². The summed E-state index contributed by atoms with van der Waals surface area (Å²) in [5.74, 6) is 4.13. The van der Waals surface area contributed by atoms with Gasteiger partial charge >= 0.3 is 6.03 Å². The maximum Gasteiger partial charge on any atom is 0.322 e. The number of methoxy groups -OCH3 is 3. The van der Waals surface area contributed by atoms with Gasteiger partial charge in [0.15, 0.2) is 5.75 Å². The van der Waals surface area contributed by atoms with E-state index in [1.54, 1.807) is 44.4 Å². The molecule has 2 amide bonds. The number of hydrogen-bond acceptors (Lipinski definition) is 7. The average molecular weight is 489 g/mol. The molecule has 1 fully saturated rings. The predicted octanol–water partition coefficient (Wildman–Crippen LogP) is 4.75. The van der Waals surface area contributed by atoms with Crippen molar-refractivity contribution >= 4 is 23.2 Å². The van der Waals surface area contributed by atoms with Gasteiger partial charge in [-0.05, 0) is 42.5 Å². The number of hydrogen-bond donors (Lipinski definition) is 1. The monoisotopic (exact) mass is 488 g/mol. The first-order valence-electron chi connectivity index (χ1n) is 11.7. The van der Waals surface area contributed by atoms with Crippen molar-refractivity contribution in [3.63, 3.8) is 0 Å². The highest BCUT2D eigenvalue weighted by molar-refractivity contribution is 6.04. The Bertz CT molecular complexity index is 1300. The van der Waals surface area contributed by atoms with Crippen LogP contribution in [0.4, 0.5) is 16.2 Å². The number of ether oxygens (including phenoxy) is 4. The molecule has 2 aliphatic heterocycles. The van der Waals surface area contributed by atoms with Gasteiger partial charge in [0.05, 0.1) is 32.6 Å². The zero-order chi connectivity index (χ0) is 25.1. The van der Waals surface area contributed by atoms with E-state index < -0.39 is 0 Å². The van der Waals surface area contributed by atoms with Gasteiger partial charge in [-0.25, -0.2) is 9.79 Å². The molecule has 3 aromatic carbocycles. The minimum atomic E-state index is -0.184. The number of amidine groups is 1. The zero-order valence-corrected chi connectivity index (χ0v) is 20.5. The Kier molecular flexibility index (Phi) is 6.53. The summed E-state index contributed by atoms with van der Waals surface area (Å²) in [6, 6.07) is 18.5. The molecule has 0 atom stereocenters. The summed E-state index contributed by atoms with van der Waals surface area (Å²) in [4.78, 5) is 22.0. The molecule has 0 aromatic heterocycles. The van der Waals surface area contributed by atoms with Crippen LogP contribution in [0.2, 0.25) is 0 Å². The summed E-state index contributed by atoms with van der Waals surface area (Å²) in [7, 11) is 4.79. The molecule has 0 saturated carbocycles. The van der Waals surface area contributed by atoms with Crippen LogP contribution in [0.3, 0.4) is 0 Å². The van der Waals surface area contributed by atoms with Crippen LogP contribution in [0.15, 0.2) is 65.7 Å². The molecule has 0 bridgehead atoms. The van der Waals surface area contributed by atoms with E-state index in [1.807, 2.05) is 42.5 Å². The molecule has 9 heteroatoms. The number of carbonyl (C=O) groups is 1. The third kappa shape index (κ3) is 4.59. The molecule has 0 spiro atoms. The van der Waals surface area contributed by atoms with E-state index in [2.05, 4.69) is 10.2 Å². The third-order valence-corrected chi connectivity index (χ3v) is 6.26. The lowest BCUT2D eigenvalue weighted by atomic mass is 10.1. The van der Waals surface area contributed by atoms with Crippen LogP contribution in [0.5, 0.6) is 28.7 Å². The number of benzene rings is 3. The second-order valence-electron chi connectivity index (χ2n) is 8.34. The van der Waals surface area contributed by atoms with Gasteiger partial charge in [-0.1, -0.05) is 12.1 Å². The van der Waals surface area contributed by atoms with Crippen molar-refractivity contribution < 1.29 is 23.7 Å². The zero-order valence-electron chi connectivity index (χ0n) is 20.5. The van der Waals surface area contributed by atoms with Crippen molar-refractivity contribution in [1.82, 2.24) is 9.80 Å². The van der Waals surface area contributed by atoms with Crippen LogP contribution in [0.1, 0.15) is 5.56 Å². The lowest BCUT2D eigenvalue weighted by Gasteiger charge is -2.36. The molecular formula is C27H28N4O5. The normalized spacial score (nSPS) is 14.5. The van der Waals surface area contributed by atoms with Gasteiger partial charge in [-0.3, -0.25) is 0 Å². The van der Waals surface area contributed by atoms with E-state index in [9.17, 15) is 4.79 Å². The number of nitrogens with zero attached hydrogens (tertiary/aromatic N) is 3.